The van der Waals surface area contributed by atoms with Crippen molar-refractivity contribution in [3.63, 3.8) is 0 Å². The summed E-state index contributed by atoms with van der Waals surface area (Å²) in [6, 6.07) is 42.2. The summed E-state index contributed by atoms with van der Waals surface area (Å²) >= 11 is 0. The van der Waals surface area contributed by atoms with E-state index in [4.69, 9.17) is 0 Å². The van der Waals surface area contributed by atoms with Crippen LogP contribution in [0, 0.1) is 0 Å². The third kappa shape index (κ3) is 4.88. The number of hydrogen-bond acceptors (Lipinski definition) is 3. The van der Waals surface area contributed by atoms with Gasteiger partial charge in [0.05, 0.1) is 0 Å². The minimum atomic E-state index is -1.15. The second kappa shape index (κ2) is 11.6. The fraction of sp³-hybridized carbons (Fsp3) is 0.212. The Hall–Kier alpha value is -3.36. The van der Waals surface area contributed by atoms with Crippen LogP contribution in [0.1, 0.15) is 49.4 Å². The first kappa shape index (κ1) is 26.8. The lowest BCUT2D eigenvalue weighted by molar-refractivity contribution is -0.171. The SMILES string of the molecule is CC(C)N(P(c1ccccc1)c1ccccc1)P1[C@H](c2ccccc2)N2C(=O)CCC(=O)N2[C@H]1c1ccccc1. The molecular weight excluding hydrogens is 532 g/mol. The number of carbonyl (C=O) groups is 2. The highest BCUT2D eigenvalue weighted by molar-refractivity contribution is 7.79. The number of fused-ring (bicyclic) bond motifs is 1. The maximum atomic E-state index is 13.8. The highest BCUT2D eigenvalue weighted by Gasteiger charge is 2.58. The summed E-state index contributed by atoms with van der Waals surface area (Å²) in [7, 11) is -2.11. The van der Waals surface area contributed by atoms with Crippen molar-refractivity contribution in [3.8, 4) is 0 Å². The summed E-state index contributed by atoms with van der Waals surface area (Å²) in [5, 5.41) is 6.17. The smallest absolute Gasteiger partial charge is 0.242 e. The first-order valence-electron chi connectivity index (χ1n) is 13.8. The first-order valence-corrected chi connectivity index (χ1v) is 16.5. The molecule has 0 radical (unpaired) electrons. The highest BCUT2D eigenvalue weighted by atomic mass is 31.2. The Morgan fingerprint density at radius 3 is 1.32 bits per heavy atom. The van der Waals surface area contributed by atoms with Gasteiger partial charge in [0.1, 0.15) is 11.6 Å². The molecule has 2 amide bonds. The maximum absolute atomic E-state index is 13.8. The zero-order valence-electron chi connectivity index (χ0n) is 22.7. The van der Waals surface area contributed by atoms with E-state index >= 15 is 0 Å². The van der Waals surface area contributed by atoms with Gasteiger partial charge in [0.25, 0.3) is 0 Å². The normalized spacial score (nSPS) is 19.6. The van der Waals surface area contributed by atoms with E-state index in [1.54, 1.807) is 0 Å². The van der Waals surface area contributed by atoms with Crippen LogP contribution in [-0.2, 0) is 9.59 Å². The lowest BCUT2D eigenvalue weighted by Crippen LogP contribution is -2.50. The van der Waals surface area contributed by atoms with E-state index in [-0.39, 0.29) is 42.3 Å². The molecule has 202 valence electrons. The first-order chi connectivity index (χ1) is 19.6. The average molecular weight is 566 g/mol. The number of hydrogen-bond donors (Lipinski definition) is 0. The number of nitrogens with zero attached hydrogens (tertiary/aromatic N) is 3. The van der Waals surface area contributed by atoms with E-state index in [9.17, 15) is 9.59 Å². The van der Waals surface area contributed by atoms with Gasteiger partial charge in [-0.25, -0.2) is 14.5 Å². The van der Waals surface area contributed by atoms with Crippen LogP contribution in [0.2, 0.25) is 0 Å². The van der Waals surface area contributed by atoms with Gasteiger partial charge in [-0.1, -0.05) is 121 Å². The number of carbonyl (C=O) groups excluding carboxylic acids is 2. The molecule has 2 fully saturated rings. The van der Waals surface area contributed by atoms with Gasteiger partial charge in [0.15, 0.2) is 0 Å². The summed E-state index contributed by atoms with van der Waals surface area (Å²) in [5.74, 6) is -0.463. The third-order valence-electron chi connectivity index (χ3n) is 7.36. The number of rotatable bonds is 7. The molecule has 2 heterocycles. The fourth-order valence-electron chi connectivity index (χ4n) is 5.74. The molecule has 0 saturated carbocycles. The largest absolute Gasteiger partial charge is 0.273 e. The van der Waals surface area contributed by atoms with E-state index in [1.165, 1.54) is 10.6 Å². The zero-order chi connectivity index (χ0) is 27.6. The number of hydrazine groups is 1. The summed E-state index contributed by atoms with van der Waals surface area (Å²) in [4.78, 5) is 27.5. The second-order valence-electron chi connectivity index (χ2n) is 10.3. The quantitative estimate of drug-likeness (QED) is 0.229. The molecule has 2 saturated heterocycles. The molecule has 0 bridgehead atoms. The maximum Gasteiger partial charge on any atom is 0.242 e. The van der Waals surface area contributed by atoms with Gasteiger partial charge in [0, 0.05) is 35.0 Å². The van der Waals surface area contributed by atoms with Gasteiger partial charge in [-0.15, -0.1) is 0 Å². The van der Waals surface area contributed by atoms with E-state index in [0.29, 0.717) is 0 Å². The van der Waals surface area contributed by atoms with Gasteiger partial charge in [-0.05, 0) is 35.6 Å². The summed E-state index contributed by atoms with van der Waals surface area (Å²) < 4.78 is 2.67. The van der Waals surface area contributed by atoms with E-state index in [0.717, 1.165) is 11.1 Å². The van der Waals surface area contributed by atoms with E-state index in [2.05, 4.69) is 103 Å². The van der Waals surface area contributed by atoms with Gasteiger partial charge in [-0.2, -0.15) is 0 Å². The fourth-order valence-corrected chi connectivity index (χ4v) is 13.0. The van der Waals surface area contributed by atoms with E-state index in [1.807, 2.05) is 46.4 Å². The molecule has 2 aliphatic rings. The number of benzene rings is 4. The van der Waals surface area contributed by atoms with Crippen molar-refractivity contribution in [3.05, 3.63) is 132 Å². The second-order valence-corrected chi connectivity index (χ2v) is 14.9. The predicted molar refractivity (Wildman–Crippen MR) is 164 cm³/mol. The van der Waals surface area contributed by atoms with Crippen LogP contribution in [0.15, 0.2) is 121 Å². The summed E-state index contributed by atoms with van der Waals surface area (Å²) in [5.41, 5.74) is 2.14. The lowest BCUT2D eigenvalue weighted by atomic mass is 10.1. The van der Waals surface area contributed by atoms with Gasteiger partial charge >= 0.3 is 0 Å². The standard InChI is InChI=1S/C33H33N3O2P2/c1-25(2)36(39(28-19-11-5-12-20-28)29-21-13-6-14-22-29)40-32(26-15-7-3-8-16-26)34-30(37)23-24-31(38)35(34)33(40)27-17-9-4-10-18-27/h3-22,25,32-33H,23-24H2,1-2H3/t32-,33-/m1/s1. The Morgan fingerprint density at radius 1 is 0.625 bits per heavy atom. The molecule has 7 heteroatoms. The van der Waals surface area contributed by atoms with Gasteiger partial charge in [0.2, 0.25) is 11.8 Å². The van der Waals surface area contributed by atoms with Crippen molar-refractivity contribution < 1.29 is 9.59 Å². The van der Waals surface area contributed by atoms with Crippen molar-refractivity contribution in [1.29, 1.82) is 0 Å². The van der Waals surface area contributed by atoms with Crippen molar-refractivity contribution in [2.24, 2.45) is 0 Å². The van der Waals surface area contributed by atoms with Crippen LogP contribution in [0.3, 0.4) is 0 Å². The molecule has 2 atom stereocenters. The van der Waals surface area contributed by atoms with Crippen molar-refractivity contribution in [2.75, 3.05) is 0 Å². The topological polar surface area (TPSA) is 43.9 Å². The Kier molecular flexibility index (Phi) is 7.80. The molecule has 5 nitrogen and oxygen atoms in total. The molecule has 0 aliphatic carbocycles. The van der Waals surface area contributed by atoms with Crippen LogP contribution < -0.4 is 10.6 Å². The summed E-state index contributed by atoms with van der Waals surface area (Å²) in [6.45, 7) is 4.51. The Bertz CT molecular complexity index is 1350. The van der Waals surface area contributed by atoms with Crippen molar-refractivity contribution in [2.45, 2.75) is 44.3 Å². The van der Waals surface area contributed by atoms with Crippen LogP contribution >= 0.6 is 16.1 Å². The molecule has 0 spiro atoms. The minimum Gasteiger partial charge on any atom is -0.273 e. The molecule has 6 rings (SSSR count). The van der Waals surface area contributed by atoms with Gasteiger partial charge in [-0.3, -0.25) is 9.59 Å². The Morgan fingerprint density at radius 2 is 0.975 bits per heavy atom. The monoisotopic (exact) mass is 565 g/mol. The highest BCUT2D eigenvalue weighted by Crippen LogP contribution is 2.76. The number of amides is 2. The van der Waals surface area contributed by atoms with Crippen LogP contribution in [0.25, 0.3) is 0 Å². The lowest BCUT2D eigenvalue weighted by Gasteiger charge is -2.43. The molecule has 4 aromatic rings. The molecule has 2 aliphatic heterocycles. The van der Waals surface area contributed by atoms with Crippen molar-refractivity contribution >= 4 is 38.6 Å². The third-order valence-corrected chi connectivity index (χ3v) is 13.9. The molecule has 0 N–H and O–H groups in total. The van der Waals surface area contributed by atoms with Crippen LogP contribution in [-0.4, -0.2) is 32.3 Å². The molecular formula is C33H33N3O2P2. The Balaban J connectivity index is 1.63. The van der Waals surface area contributed by atoms with Crippen molar-refractivity contribution in [1.82, 2.24) is 14.5 Å². The molecule has 0 unspecified atom stereocenters. The minimum absolute atomic E-state index is 0.0202. The van der Waals surface area contributed by atoms with E-state index < -0.39 is 16.1 Å². The Labute approximate surface area is 239 Å². The molecule has 4 aromatic carbocycles. The van der Waals surface area contributed by atoms with Crippen LogP contribution in [0.4, 0.5) is 0 Å². The average Bonchev–Trinajstić information content (AvgIpc) is 3.36. The van der Waals surface area contributed by atoms with Gasteiger partial charge < -0.3 is 0 Å². The zero-order valence-corrected chi connectivity index (χ0v) is 24.5. The van der Waals surface area contributed by atoms with Crippen LogP contribution in [0.5, 0.6) is 0 Å². The molecule has 0 aromatic heterocycles. The molecule has 40 heavy (non-hydrogen) atoms. The predicted octanol–water partition coefficient (Wildman–Crippen LogP) is 6.92. The summed E-state index contributed by atoms with van der Waals surface area (Å²) in [6.07, 6.45) is 0.494.